The maximum Gasteiger partial charge on any atom is 0.336 e. The number of para-hydroxylation sites is 1. The normalized spacial score (nSPS) is 14.7. The molecule has 1 aliphatic rings. The number of hydrogen-bond donors (Lipinski definition) is 0. The van der Waals surface area contributed by atoms with Gasteiger partial charge in [0.25, 0.3) is 0 Å². The summed E-state index contributed by atoms with van der Waals surface area (Å²) in [5.41, 5.74) is 1.37. The van der Waals surface area contributed by atoms with Gasteiger partial charge in [0.1, 0.15) is 17.6 Å². The lowest BCUT2D eigenvalue weighted by Gasteiger charge is -2.21. The van der Waals surface area contributed by atoms with Crippen LogP contribution in [0.15, 0.2) is 62.5 Å². The van der Waals surface area contributed by atoms with Gasteiger partial charge in [-0.2, -0.15) is 0 Å². The predicted octanol–water partition coefficient (Wildman–Crippen LogP) is 3.61. The number of amides is 1. The van der Waals surface area contributed by atoms with Gasteiger partial charge in [-0.25, -0.2) is 9.36 Å². The smallest absolute Gasteiger partial charge is 0.336 e. The monoisotopic (exact) mass is 431 g/mol. The molecule has 1 fully saturated rings. The first-order chi connectivity index (χ1) is 15.5. The number of hydrogen-bond acceptors (Lipinski definition) is 4. The first-order valence-corrected chi connectivity index (χ1v) is 11.1. The highest BCUT2D eigenvalue weighted by atomic mass is 16.3. The molecule has 0 saturated carbocycles. The number of nitrogens with zero attached hydrogens (tertiary/aromatic N) is 3. The summed E-state index contributed by atoms with van der Waals surface area (Å²) in [6.07, 6.45) is 4.15. The van der Waals surface area contributed by atoms with Crippen LogP contribution in [0, 0.1) is 6.92 Å². The van der Waals surface area contributed by atoms with Crippen LogP contribution in [0.5, 0.6) is 0 Å². The van der Waals surface area contributed by atoms with Crippen molar-refractivity contribution < 1.29 is 9.21 Å². The zero-order valence-electron chi connectivity index (χ0n) is 18.0. The fraction of sp³-hybridized carbons (Fsp3) is 0.320. The van der Waals surface area contributed by atoms with E-state index in [1.54, 1.807) is 18.2 Å². The zero-order chi connectivity index (χ0) is 22.2. The van der Waals surface area contributed by atoms with E-state index in [4.69, 9.17) is 4.42 Å². The summed E-state index contributed by atoms with van der Waals surface area (Å²) in [5, 5.41) is 0.649. The maximum atomic E-state index is 13.6. The number of rotatable bonds is 3. The van der Waals surface area contributed by atoms with Crippen LogP contribution in [0.25, 0.3) is 27.8 Å². The molecule has 1 amide bonds. The van der Waals surface area contributed by atoms with Crippen LogP contribution in [0.1, 0.15) is 31.2 Å². The van der Waals surface area contributed by atoms with Crippen molar-refractivity contribution in [1.29, 1.82) is 0 Å². The van der Waals surface area contributed by atoms with Crippen LogP contribution < -0.4 is 11.2 Å². The van der Waals surface area contributed by atoms with E-state index in [0.717, 1.165) is 35.8 Å². The van der Waals surface area contributed by atoms with Crippen LogP contribution in [0.4, 0.5) is 0 Å². The lowest BCUT2D eigenvalue weighted by atomic mass is 10.2. The van der Waals surface area contributed by atoms with Crippen LogP contribution >= 0.6 is 0 Å². The molecule has 7 heteroatoms. The van der Waals surface area contributed by atoms with Gasteiger partial charge in [0.2, 0.25) is 11.5 Å². The van der Waals surface area contributed by atoms with Crippen LogP contribution in [-0.4, -0.2) is 33.0 Å². The molecule has 1 saturated heterocycles. The van der Waals surface area contributed by atoms with Crippen LogP contribution in [-0.2, 0) is 11.3 Å². The average Bonchev–Trinajstić information content (AvgIpc) is 2.97. The van der Waals surface area contributed by atoms with Crippen LogP contribution in [0.2, 0.25) is 0 Å². The third-order valence-electron chi connectivity index (χ3n) is 6.20. The Morgan fingerprint density at radius 2 is 1.62 bits per heavy atom. The second-order valence-corrected chi connectivity index (χ2v) is 8.42. The summed E-state index contributed by atoms with van der Waals surface area (Å²) in [6, 6.07) is 14.4. The third-order valence-corrected chi connectivity index (χ3v) is 6.20. The summed E-state index contributed by atoms with van der Waals surface area (Å²) in [7, 11) is 0. The molecule has 2 aromatic heterocycles. The molecule has 3 heterocycles. The summed E-state index contributed by atoms with van der Waals surface area (Å²) in [5.74, 6) is -0.116. The van der Waals surface area contributed by atoms with Crippen molar-refractivity contribution >= 4 is 28.0 Å². The molecule has 0 bridgehead atoms. The zero-order valence-corrected chi connectivity index (χ0v) is 18.0. The van der Waals surface area contributed by atoms with Crippen molar-refractivity contribution in [1.82, 2.24) is 14.0 Å². The molecule has 1 aliphatic heterocycles. The van der Waals surface area contributed by atoms with Gasteiger partial charge in [0, 0.05) is 18.5 Å². The molecule has 0 atom stereocenters. The quantitative estimate of drug-likeness (QED) is 0.497. The lowest BCUT2D eigenvalue weighted by molar-refractivity contribution is -0.131. The predicted molar refractivity (Wildman–Crippen MR) is 123 cm³/mol. The fourth-order valence-corrected chi connectivity index (χ4v) is 4.47. The summed E-state index contributed by atoms with van der Waals surface area (Å²) in [4.78, 5) is 42.0. The first kappa shape index (κ1) is 20.3. The van der Waals surface area contributed by atoms with E-state index in [-0.39, 0.29) is 18.0 Å². The van der Waals surface area contributed by atoms with E-state index in [1.165, 1.54) is 4.57 Å². The molecule has 7 nitrogen and oxygen atoms in total. The van der Waals surface area contributed by atoms with Gasteiger partial charge < -0.3 is 9.32 Å². The highest BCUT2D eigenvalue weighted by Crippen LogP contribution is 2.26. The molecule has 2 aromatic carbocycles. The number of aromatic nitrogens is 2. The van der Waals surface area contributed by atoms with Gasteiger partial charge >= 0.3 is 11.2 Å². The molecular formula is C25H25N3O4. The molecule has 32 heavy (non-hydrogen) atoms. The van der Waals surface area contributed by atoms with Crippen molar-refractivity contribution in [2.75, 3.05) is 13.1 Å². The second kappa shape index (κ2) is 8.15. The molecule has 0 unspecified atom stereocenters. The molecule has 164 valence electrons. The maximum absolute atomic E-state index is 13.6. The topological polar surface area (TPSA) is 77.5 Å². The summed E-state index contributed by atoms with van der Waals surface area (Å²) >= 11 is 0. The molecule has 0 radical (unpaired) electrons. The molecule has 4 aromatic rings. The molecule has 5 rings (SSSR count). The fourth-order valence-electron chi connectivity index (χ4n) is 4.47. The Labute approximate surface area is 184 Å². The minimum Gasteiger partial charge on any atom is -0.449 e. The van der Waals surface area contributed by atoms with Gasteiger partial charge in [-0.1, -0.05) is 42.7 Å². The van der Waals surface area contributed by atoms with Gasteiger partial charge in [0.15, 0.2) is 0 Å². The molecular weight excluding hydrogens is 406 g/mol. The van der Waals surface area contributed by atoms with E-state index < -0.39 is 11.2 Å². The van der Waals surface area contributed by atoms with Crippen LogP contribution in [0.3, 0.4) is 0 Å². The number of likely N-dealkylation sites (tertiary alicyclic amines) is 1. The Bertz CT molecular complexity index is 1420. The minimum absolute atomic E-state index is 0.0787. The highest BCUT2D eigenvalue weighted by Gasteiger charge is 2.24. The molecule has 0 spiro atoms. The van der Waals surface area contributed by atoms with Gasteiger partial charge in [-0.3, -0.25) is 14.2 Å². The molecule has 0 N–H and O–H groups in total. The van der Waals surface area contributed by atoms with Crippen molar-refractivity contribution in [2.45, 2.75) is 39.2 Å². The van der Waals surface area contributed by atoms with E-state index >= 15 is 0 Å². The van der Waals surface area contributed by atoms with Gasteiger partial charge in [0.05, 0.1) is 5.69 Å². The van der Waals surface area contributed by atoms with Gasteiger partial charge in [-0.05, 0) is 44.0 Å². The van der Waals surface area contributed by atoms with E-state index in [1.807, 2.05) is 42.2 Å². The van der Waals surface area contributed by atoms with E-state index in [9.17, 15) is 14.4 Å². The summed E-state index contributed by atoms with van der Waals surface area (Å²) in [6.45, 7) is 3.19. The van der Waals surface area contributed by atoms with Crippen molar-refractivity contribution in [2.24, 2.45) is 0 Å². The number of benzene rings is 2. The van der Waals surface area contributed by atoms with E-state index in [0.29, 0.717) is 35.3 Å². The SMILES string of the molecule is Cc1ccc(-n2c(=O)c3oc4ccccc4c3n(CC(=O)N3CCCCCC3)c2=O)cc1. The Morgan fingerprint density at radius 3 is 2.34 bits per heavy atom. The molecule has 0 aliphatic carbocycles. The van der Waals surface area contributed by atoms with Crippen molar-refractivity contribution in [3.8, 4) is 5.69 Å². The standard InChI is InChI=1S/C25H25N3O4/c1-17-10-12-18(13-11-17)28-24(30)23-22(19-8-4-5-9-20(19)32-23)27(25(28)31)16-21(29)26-14-6-2-3-7-15-26/h4-5,8-13H,2-3,6-7,14-16H2,1H3. The number of furan rings is 1. The third kappa shape index (κ3) is 3.43. The number of fused-ring (bicyclic) bond motifs is 3. The summed E-state index contributed by atoms with van der Waals surface area (Å²) < 4.78 is 8.39. The van der Waals surface area contributed by atoms with E-state index in [2.05, 4.69) is 0 Å². The average molecular weight is 431 g/mol. The lowest BCUT2D eigenvalue weighted by Crippen LogP contribution is -2.42. The van der Waals surface area contributed by atoms with Crippen molar-refractivity contribution in [3.05, 3.63) is 74.9 Å². The Hall–Kier alpha value is -3.61. The number of carbonyl (C=O) groups excluding carboxylic acids is 1. The highest BCUT2D eigenvalue weighted by molar-refractivity contribution is 6.02. The number of carbonyl (C=O) groups is 1. The van der Waals surface area contributed by atoms with Gasteiger partial charge in [-0.15, -0.1) is 0 Å². The Kier molecular flexibility index (Phi) is 5.17. The number of aryl methyl sites for hydroxylation is 1. The first-order valence-electron chi connectivity index (χ1n) is 11.1. The Morgan fingerprint density at radius 1 is 0.938 bits per heavy atom. The second-order valence-electron chi connectivity index (χ2n) is 8.42. The Balaban J connectivity index is 1.74. The minimum atomic E-state index is -0.541. The largest absolute Gasteiger partial charge is 0.449 e. The van der Waals surface area contributed by atoms with Crippen molar-refractivity contribution in [3.63, 3.8) is 0 Å².